The Labute approximate surface area is 149 Å². The Kier molecular flexibility index (Phi) is 5.51. The summed E-state index contributed by atoms with van der Waals surface area (Å²) in [6.07, 6.45) is 4.59. The molecule has 138 valence electrons. The lowest BCUT2D eigenvalue weighted by molar-refractivity contribution is 0.173. The summed E-state index contributed by atoms with van der Waals surface area (Å²) in [5, 5.41) is 2.94. The van der Waals surface area contributed by atoms with E-state index >= 15 is 0 Å². The molecule has 2 fully saturated rings. The lowest BCUT2D eigenvalue weighted by atomic mass is 10.0. The number of urea groups is 1. The number of amides is 2. The molecular weight excluding hydrogens is 340 g/mol. The van der Waals surface area contributed by atoms with E-state index in [1.807, 2.05) is 29.2 Å². The van der Waals surface area contributed by atoms with E-state index in [1.165, 1.54) is 0 Å². The van der Waals surface area contributed by atoms with Gasteiger partial charge >= 0.3 is 6.03 Å². The molecule has 6 nitrogen and oxygen atoms in total. The van der Waals surface area contributed by atoms with Gasteiger partial charge in [-0.2, -0.15) is 0 Å². The molecule has 2 aliphatic rings. The van der Waals surface area contributed by atoms with E-state index in [9.17, 15) is 13.2 Å². The highest BCUT2D eigenvalue weighted by molar-refractivity contribution is 7.91. The molecule has 2 saturated heterocycles. The third-order valence-corrected chi connectivity index (χ3v) is 6.84. The number of likely N-dealkylation sites (tertiary alicyclic amines) is 1. The topological polar surface area (TPSA) is 75.7 Å². The van der Waals surface area contributed by atoms with Crippen LogP contribution in [0.2, 0.25) is 0 Å². The molecule has 3 rings (SSSR count). The predicted octanol–water partition coefficient (Wildman–Crippen LogP) is 2.51. The molecule has 0 radical (unpaired) electrons. The zero-order valence-corrected chi connectivity index (χ0v) is 15.4. The molecular formula is C18H26N2O4S. The fraction of sp³-hybridized carbons (Fsp3) is 0.611. The van der Waals surface area contributed by atoms with E-state index in [0.717, 1.165) is 37.0 Å². The molecule has 0 aliphatic carbocycles. The van der Waals surface area contributed by atoms with Gasteiger partial charge in [0.05, 0.1) is 24.7 Å². The molecule has 1 aromatic rings. The van der Waals surface area contributed by atoms with E-state index in [-0.39, 0.29) is 29.6 Å². The molecule has 0 aromatic heterocycles. The highest BCUT2D eigenvalue weighted by Gasteiger charge is 2.32. The van der Waals surface area contributed by atoms with E-state index in [0.29, 0.717) is 13.0 Å². The van der Waals surface area contributed by atoms with Crippen LogP contribution in [0, 0.1) is 0 Å². The second-order valence-corrected chi connectivity index (χ2v) is 9.11. The van der Waals surface area contributed by atoms with Crippen LogP contribution in [0.5, 0.6) is 5.75 Å². The smallest absolute Gasteiger partial charge is 0.318 e. The molecule has 0 bridgehead atoms. The van der Waals surface area contributed by atoms with Gasteiger partial charge in [-0.1, -0.05) is 25.0 Å². The molecule has 7 heteroatoms. The van der Waals surface area contributed by atoms with Gasteiger partial charge in [0.2, 0.25) is 0 Å². The average molecular weight is 366 g/mol. The maximum Gasteiger partial charge on any atom is 0.318 e. The van der Waals surface area contributed by atoms with Crippen molar-refractivity contribution in [3.05, 3.63) is 29.8 Å². The maximum atomic E-state index is 12.8. The fourth-order valence-electron chi connectivity index (χ4n) is 3.69. The largest absolute Gasteiger partial charge is 0.497 e. The number of hydrogen-bond acceptors (Lipinski definition) is 4. The van der Waals surface area contributed by atoms with Crippen molar-refractivity contribution in [2.75, 3.05) is 25.2 Å². The molecule has 2 heterocycles. The Morgan fingerprint density at radius 3 is 2.56 bits per heavy atom. The number of benzene rings is 1. The third-order valence-electron chi connectivity index (χ3n) is 5.07. The van der Waals surface area contributed by atoms with Crippen molar-refractivity contribution in [2.45, 2.75) is 44.2 Å². The van der Waals surface area contributed by atoms with Crippen LogP contribution in [0.15, 0.2) is 24.3 Å². The minimum Gasteiger partial charge on any atom is -0.497 e. The summed E-state index contributed by atoms with van der Waals surface area (Å²) < 4.78 is 28.5. The number of sulfone groups is 1. The highest BCUT2D eigenvalue weighted by atomic mass is 32.2. The van der Waals surface area contributed by atoms with Crippen molar-refractivity contribution < 1.29 is 17.9 Å². The molecule has 0 spiro atoms. The van der Waals surface area contributed by atoms with Gasteiger partial charge < -0.3 is 15.0 Å². The summed E-state index contributed by atoms with van der Waals surface area (Å²) in [4.78, 5) is 14.7. The van der Waals surface area contributed by atoms with Gasteiger partial charge in [-0.15, -0.1) is 0 Å². The van der Waals surface area contributed by atoms with Gasteiger partial charge in [-0.3, -0.25) is 0 Å². The Morgan fingerprint density at radius 1 is 1.16 bits per heavy atom. The molecule has 1 aromatic carbocycles. The third kappa shape index (κ3) is 4.45. The normalized spacial score (nSPS) is 26.0. The van der Waals surface area contributed by atoms with Crippen LogP contribution < -0.4 is 10.1 Å². The molecule has 0 saturated carbocycles. The minimum atomic E-state index is -3.00. The van der Waals surface area contributed by atoms with E-state index in [2.05, 4.69) is 5.32 Å². The molecule has 2 amide bonds. The number of carbonyl (C=O) groups is 1. The highest BCUT2D eigenvalue weighted by Crippen LogP contribution is 2.31. The van der Waals surface area contributed by atoms with Crippen molar-refractivity contribution in [3.63, 3.8) is 0 Å². The molecule has 25 heavy (non-hydrogen) atoms. The van der Waals surface area contributed by atoms with Gasteiger partial charge in [0, 0.05) is 12.6 Å². The summed E-state index contributed by atoms with van der Waals surface area (Å²) in [6.45, 7) is 0.696. The standard InChI is InChI=1S/C18H26N2O4S/c1-24-16-8-6-14(7-9-16)17-5-3-2-4-11-20(17)18(21)19-15-10-12-25(22,23)13-15/h6-9,15,17H,2-5,10-13H2,1H3,(H,19,21). The lowest BCUT2D eigenvalue weighted by Crippen LogP contribution is -2.46. The Bertz CT molecular complexity index is 702. The number of rotatable bonds is 3. The Morgan fingerprint density at radius 2 is 1.92 bits per heavy atom. The molecule has 1 N–H and O–H groups in total. The first-order chi connectivity index (χ1) is 12.0. The average Bonchev–Trinajstić information content (AvgIpc) is 2.80. The van der Waals surface area contributed by atoms with Gasteiger partial charge in [0.25, 0.3) is 0 Å². The quantitative estimate of drug-likeness (QED) is 0.892. The van der Waals surface area contributed by atoms with Crippen LogP contribution >= 0.6 is 0 Å². The van der Waals surface area contributed by atoms with Gasteiger partial charge in [0.15, 0.2) is 9.84 Å². The molecule has 2 aliphatic heterocycles. The SMILES string of the molecule is COc1ccc(C2CCCCCN2C(=O)NC2CCS(=O)(=O)C2)cc1. The van der Waals surface area contributed by atoms with Crippen LogP contribution in [0.3, 0.4) is 0 Å². The summed E-state index contributed by atoms with van der Waals surface area (Å²) in [5.74, 6) is 1.02. The number of nitrogens with zero attached hydrogens (tertiary/aromatic N) is 1. The van der Waals surface area contributed by atoms with Crippen molar-refractivity contribution in [2.24, 2.45) is 0 Å². The fourth-order valence-corrected chi connectivity index (χ4v) is 5.36. The first-order valence-electron chi connectivity index (χ1n) is 8.90. The number of ether oxygens (including phenoxy) is 1. The second kappa shape index (κ2) is 7.64. The maximum absolute atomic E-state index is 12.8. The van der Waals surface area contributed by atoms with Gasteiger partial charge in [0.1, 0.15) is 5.75 Å². The van der Waals surface area contributed by atoms with Gasteiger partial charge in [-0.05, 0) is 37.0 Å². The zero-order valence-electron chi connectivity index (χ0n) is 14.6. The van der Waals surface area contributed by atoms with Crippen LogP contribution in [0.4, 0.5) is 4.79 Å². The predicted molar refractivity (Wildman–Crippen MR) is 96.5 cm³/mol. The number of methoxy groups -OCH3 is 1. The van der Waals surface area contributed by atoms with Crippen LogP contribution in [-0.4, -0.2) is 50.6 Å². The van der Waals surface area contributed by atoms with Gasteiger partial charge in [-0.25, -0.2) is 13.2 Å². The van der Waals surface area contributed by atoms with Crippen LogP contribution in [0.25, 0.3) is 0 Å². The van der Waals surface area contributed by atoms with Crippen LogP contribution in [-0.2, 0) is 9.84 Å². The van der Waals surface area contributed by atoms with E-state index < -0.39 is 9.84 Å². The first-order valence-corrected chi connectivity index (χ1v) is 10.7. The molecule has 2 unspecified atom stereocenters. The number of nitrogens with one attached hydrogen (secondary N) is 1. The summed E-state index contributed by atoms with van der Waals surface area (Å²) in [6, 6.07) is 7.46. The summed E-state index contributed by atoms with van der Waals surface area (Å²) in [7, 11) is -1.36. The van der Waals surface area contributed by atoms with Crippen molar-refractivity contribution >= 4 is 15.9 Å². The van der Waals surface area contributed by atoms with E-state index in [1.54, 1.807) is 7.11 Å². The van der Waals surface area contributed by atoms with Crippen LogP contribution in [0.1, 0.15) is 43.7 Å². The first kappa shape index (κ1) is 18.0. The lowest BCUT2D eigenvalue weighted by Gasteiger charge is -2.31. The summed E-state index contributed by atoms with van der Waals surface area (Å²) >= 11 is 0. The zero-order chi connectivity index (χ0) is 17.9. The Balaban J connectivity index is 1.74. The molecule has 2 atom stereocenters. The number of carbonyl (C=O) groups excluding carboxylic acids is 1. The van der Waals surface area contributed by atoms with Crippen molar-refractivity contribution in [1.29, 1.82) is 0 Å². The second-order valence-electron chi connectivity index (χ2n) is 6.88. The van der Waals surface area contributed by atoms with Crippen molar-refractivity contribution in [3.8, 4) is 5.75 Å². The Hall–Kier alpha value is -1.76. The summed E-state index contributed by atoms with van der Waals surface area (Å²) in [5.41, 5.74) is 1.09. The monoisotopic (exact) mass is 366 g/mol. The number of hydrogen-bond donors (Lipinski definition) is 1. The van der Waals surface area contributed by atoms with Crippen molar-refractivity contribution in [1.82, 2.24) is 10.2 Å². The van der Waals surface area contributed by atoms with E-state index in [4.69, 9.17) is 4.74 Å². The minimum absolute atomic E-state index is 0.0198.